The second kappa shape index (κ2) is 7.53. The molecule has 1 saturated heterocycles. The van der Waals surface area contributed by atoms with E-state index in [0.29, 0.717) is 24.7 Å². The molecule has 2 aliphatic heterocycles. The van der Waals surface area contributed by atoms with E-state index in [1.54, 1.807) is 11.9 Å². The summed E-state index contributed by atoms with van der Waals surface area (Å²) >= 11 is 0. The molecule has 3 rings (SSSR count). The van der Waals surface area contributed by atoms with Crippen LogP contribution in [-0.4, -0.2) is 43.4 Å². The van der Waals surface area contributed by atoms with Crippen molar-refractivity contribution in [3.8, 4) is 11.5 Å². The van der Waals surface area contributed by atoms with E-state index in [9.17, 15) is 9.59 Å². The maximum absolute atomic E-state index is 12.2. The molecule has 0 saturated carbocycles. The second-order valence-corrected chi connectivity index (χ2v) is 5.94. The molecule has 1 fully saturated rings. The van der Waals surface area contributed by atoms with Crippen molar-refractivity contribution in [1.82, 2.24) is 10.4 Å². The van der Waals surface area contributed by atoms with Crippen LogP contribution in [0.25, 0.3) is 0 Å². The van der Waals surface area contributed by atoms with Crippen molar-refractivity contribution in [2.45, 2.75) is 26.2 Å². The number of hydrogen-bond donors (Lipinski definition) is 1. The Bertz CT molecular complexity index is 619. The second-order valence-electron chi connectivity index (χ2n) is 5.94. The van der Waals surface area contributed by atoms with Crippen LogP contribution in [0.4, 0.5) is 0 Å². The van der Waals surface area contributed by atoms with Gasteiger partial charge in [-0.2, -0.15) is 0 Å². The predicted molar refractivity (Wildman–Crippen MR) is 85.3 cm³/mol. The number of fused-ring (bicyclic) bond motifs is 1. The van der Waals surface area contributed by atoms with Crippen molar-refractivity contribution in [3.63, 3.8) is 0 Å². The molecule has 24 heavy (non-hydrogen) atoms. The average Bonchev–Trinajstić information content (AvgIpc) is 3.03. The summed E-state index contributed by atoms with van der Waals surface area (Å²) in [6.07, 6.45) is 1.90. The zero-order valence-corrected chi connectivity index (χ0v) is 13.7. The molecule has 0 aromatic heterocycles. The Morgan fingerprint density at radius 1 is 1.33 bits per heavy atom. The van der Waals surface area contributed by atoms with Crippen molar-refractivity contribution in [2.24, 2.45) is 5.92 Å². The van der Waals surface area contributed by atoms with Gasteiger partial charge in [-0.3, -0.25) is 15.0 Å². The molecular formula is C17H22N2O5. The van der Waals surface area contributed by atoms with Crippen LogP contribution < -0.4 is 14.9 Å². The lowest BCUT2D eigenvalue weighted by Crippen LogP contribution is -2.49. The SMILES string of the molecule is CCOC(=O)[C@H]1CCCN(NC(=O)Cc2ccc3c(c2)OCO3)C1. The van der Waals surface area contributed by atoms with E-state index >= 15 is 0 Å². The fourth-order valence-corrected chi connectivity index (χ4v) is 2.98. The largest absolute Gasteiger partial charge is 0.466 e. The smallest absolute Gasteiger partial charge is 0.310 e. The molecule has 0 bridgehead atoms. The molecule has 7 nitrogen and oxygen atoms in total. The van der Waals surface area contributed by atoms with Gasteiger partial charge in [0.05, 0.1) is 18.9 Å². The van der Waals surface area contributed by atoms with E-state index in [4.69, 9.17) is 14.2 Å². The van der Waals surface area contributed by atoms with Crippen molar-refractivity contribution >= 4 is 11.9 Å². The first-order chi connectivity index (χ1) is 11.7. The highest BCUT2D eigenvalue weighted by Crippen LogP contribution is 2.32. The van der Waals surface area contributed by atoms with Crippen LogP contribution in [0.15, 0.2) is 18.2 Å². The van der Waals surface area contributed by atoms with Gasteiger partial charge in [-0.05, 0) is 37.5 Å². The zero-order chi connectivity index (χ0) is 16.9. The molecule has 7 heteroatoms. The summed E-state index contributed by atoms with van der Waals surface area (Å²) in [7, 11) is 0. The van der Waals surface area contributed by atoms with Gasteiger partial charge in [-0.25, -0.2) is 5.01 Å². The summed E-state index contributed by atoms with van der Waals surface area (Å²) in [6, 6.07) is 5.48. The summed E-state index contributed by atoms with van der Waals surface area (Å²) in [6.45, 7) is 3.62. The van der Waals surface area contributed by atoms with Crippen LogP contribution in [0.2, 0.25) is 0 Å². The third-order valence-corrected chi connectivity index (χ3v) is 4.13. The number of nitrogens with one attached hydrogen (secondary N) is 1. The van der Waals surface area contributed by atoms with Crippen molar-refractivity contribution in [1.29, 1.82) is 0 Å². The van der Waals surface area contributed by atoms with Crippen LogP contribution >= 0.6 is 0 Å². The molecule has 0 radical (unpaired) electrons. The summed E-state index contributed by atoms with van der Waals surface area (Å²) < 4.78 is 15.6. The average molecular weight is 334 g/mol. The van der Waals surface area contributed by atoms with Crippen molar-refractivity contribution in [2.75, 3.05) is 26.5 Å². The van der Waals surface area contributed by atoms with E-state index < -0.39 is 0 Å². The number of ether oxygens (including phenoxy) is 3. The van der Waals surface area contributed by atoms with Crippen LogP contribution in [0, 0.1) is 5.92 Å². The van der Waals surface area contributed by atoms with Gasteiger partial charge < -0.3 is 14.2 Å². The van der Waals surface area contributed by atoms with Gasteiger partial charge in [-0.1, -0.05) is 6.07 Å². The Morgan fingerprint density at radius 3 is 3.00 bits per heavy atom. The number of carbonyl (C=O) groups is 2. The normalized spacial score (nSPS) is 19.8. The molecule has 2 heterocycles. The number of carbonyl (C=O) groups excluding carboxylic acids is 2. The molecule has 1 N–H and O–H groups in total. The standard InChI is InChI=1S/C17H22N2O5/c1-2-22-17(21)13-4-3-7-19(10-13)18-16(20)9-12-5-6-14-15(8-12)24-11-23-14/h5-6,8,13H,2-4,7,9-11H2,1H3,(H,18,20)/t13-/m0/s1. The number of benzene rings is 1. The number of hydrazine groups is 1. The maximum atomic E-state index is 12.2. The van der Waals surface area contributed by atoms with Crippen LogP contribution in [0.5, 0.6) is 11.5 Å². The first kappa shape index (κ1) is 16.6. The van der Waals surface area contributed by atoms with E-state index in [2.05, 4.69) is 5.43 Å². The van der Waals surface area contributed by atoms with Gasteiger partial charge in [0, 0.05) is 13.1 Å². The number of rotatable bonds is 5. The number of amides is 1. The summed E-state index contributed by atoms with van der Waals surface area (Å²) in [5, 5.41) is 1.81. The van der Waals surface area contributed by atoms with Gasteiger partial charge in [0.1, 0.15) is 0 Å². The Hall–Kier alpha value is -2.28. The highest BCUT2D eigenvalue weighted by Gasteiger charge is 2.27. The number of esters is 1. The minimum Gasteiger partial charge on any atom is -0.466 e. The van der Waals surface area contributed by atoms with Gasteiger partial charge in [0.2, 0.25) is 12.7 Å². The van der Waals surface area contributed by atoms with Gasteiger partial charge >= 0.3 is 5.97 Å². The summed E-state index contributed by atoms with van der Waals surface area (Å²) in [5.41, 5.74) is 3.73. The van der Waals surface area contributed by atoms with E-state index in [-0.39, 0.29) is 31.0 Å². The molecule has 130 valence electrons. The lowest BCUT2D eigenvalue weighted by atomic mass is 9.99. The van der Waals surface area contributed by atoms with Gasteiger partial charge in [0.15, 0.2) is 11.5 Å². The summed E-state index contributed by atoms with van der Waals surface area (Å²) in [4.78, 5) is 24.1. The topological polar surface area (TPSA) is 77.1 Å². The molecule has 0 aliphatic carbocycles. The highest BCUT2D eigenvalue weighted by atomic mass is 16.7. The van der Waals surface area contributed by atoms with Crippen molar-refractivity contribution in [3.05, 3.63) is 23.8 Å². The number of nitrogens with zero attached hydrogens (tertiary/aromatic N) is 1. The quantitative estimate of drug-likeness (QED) is 0.817. The Balaban J connectivity index is 1.52. The van der Waals surface area contributed by atoms with Crippen LogP contribution in [-0.2, 0) is 20.7 Å². The van der Waals surface area contributed by atoms with Crippen molar-refractivity contribution < 1.29 is 23.8 Å². The third kappa shape index (κ3) is 3.97. The maximum Gasteiger partial charge on any atom is 0.310 e. The zero-order valence-electron chi connectivity index (χ0n) is 13.7. The predicted octanol–water partition coefficient (Wildman–Crippen LogP) is 1.26. The monoisotopic (exact) mass is 334 g/mol. The van der Waals surface area contributed by atoms with E-state index in [1.807, 2.05) is 18.2 Å². The van der Waals surface area contributed by atoms with Crippen LogP contribution in [0.1, 0.15) is 25.3 Å². The fraction of sp³-hybridized carbons (Fsp3) is 0.529. The molecule has 2 aliphatic rings. The lowest BCUT2D eigenvalue weighted by molar-refractivity contribution is -0.151. The minimum absolute atomic E-state index is 0.113. The highest BCUT2D eigenvalue weighted by molar-refractivity contribution is 5.78. The summed E-state index contributed by atoms with van der Waals surface area (Å²) in [5.74, 6) is 0.892. The molecule has 1 atom stereocenters. The number of piperidine rings is 1. The Morgan fingerprint density at radius 2 is 2.17 bits per heavy atom. The lowest BCUT2D eigenvalue weighted by Gasteiger charge is -2.31. The molecule has 0 spiro atoms. The van der Waals surface area contributed by atoms with Crippen LogP contribution in [0.3, 0.4) is 0 Å². The molecule has 0 unspecified atom stereocenters. The molecule has 1 aromatic rings. The minimum atomic E-state index is -0.188. The Labute approximate surface area is 140 Å². The van der Waals surface area contributed by atoms with Gasteiger partial charge in [0.25, 0.3) is 0 Å². The Kier molecular flexibility index (Phi) is 5.20. The van der Waals surface area contributed by atoms with E-state index in [1.165, 1.54) is 0 Å². The number of hydrogen-bond acceptors (Lipinski definition) is 6. The molecule has 1 aromatic carbocycles. The van der Waals surface area contributed by atoms with Gasteiger partial charge in [-0.15, -0.1) is 0 Å². The third-order valence-electron chi connectivity index (χ3n) is 4.13. The first-order valence-corrected chi connectivity index (χ1v) is 8.25. The van der Waals surface area contributed by atoms with E-state index in [0.717, 1.165) is 24.9 Å². The molecular weight excluding hydrogens is 312 g/mol. The fourth-order valence-electron chi connectivity index (χ4n) is 2.98. The first-order valence-electron chi connectivity index (χ1n) is 8.25. The molecule has 1 amide bonds.